The van der Waals surface area contributed by atoms with Gasteiger partial charge in [0, 0.05) is 12.6 Å². The number of methoxy groups -OCH3 is 4. The summed E-state index contributed by atoms with van der Waals surface area (Å²) in [5.74, 6) is 0.520. The number of ether oxygens (including phenoxy) is 4. The zero-order valence-electron chi connectivity index (χ0n) is 21.6. The van der Waals surface area contributed by atoms with E-state index < -0.39 is 12.0 Å². The molecule has 3 aromatic carbocycles. The van der Waals surface area contributed by atoms with Gasteiger partial charge in [0.2, 0.25) is 5.91 Å². The predicted molar refractivity (Wildman–Crippen MR) is 145 cm³/mol. The second-order valence-corrected chi connectivity index (χ2v) is 9.75. The summed E-state index contributed by atoms with van der Waals surface area (Å²) in [5.41, 5.74) is 2.41. The molecule has 0 saturated heterocycles. The second-order valence-electron chi connectivity index (χ2n) is 8.72. The molecule has 0 fully saturated rings. The molecule has 196 valence electrons. The number of nitrogens with one attached hydrogen (secondary N) is 1. The van der Waals surface area contributed by atoms with Gasteiger partial charge >= 0.3 is 0 Å². The van der Waals surface area contributed by atoms with E-state index in [9.17, 15) is 9.59 Å². The third kappa shape index (κ3) is 4.26. The summed E-state index contributed by atoms with van der Waals surface area (Å²) in [5, 5.41) is 3.47. The average molecular weight is 534 g/mol. The van der Waals surface area contributed by atoms with Crippen LogP contribution in [0.5, 0.6) is 23.0 Å². The monoisotopic (exact) mass is 533 g/mol. The molecule has 0 spiro atoms. The smallest absolute Gasteiger partial charge is 0.254 e. The first kappa shape index (κ1) is 25.3. The van der Waals surface area contributed by atoms with Crippen molar-refractivity contribution in [1.82, 2.24) is 9.88 Å². The van der Waals surface area contributed by atoms with Gasteiger partial charge in [0.15, 0.2) is 28.1 Å². The number of fused-ring (bicyclic) bond motifs is 2. The molecule has 2 heterocycles. The van der Waals surface area contributed by atoms with E-state index in [1.807, 2.05) is 30.3 Å². The van der Waals surface area contributed by atoms with Gasteiger partial charge in [-0.05, 0) is 47.5 Å². The number of likely N-dealkylation sites (N-methyl/N-ethyl adjacent to an activating group) is 1. The quantitative estimate of drug-likeness (QED) is 0.362. The van der Waals surface area contributed by atoms with Crippen LogP contribution >= 0.6 is 11.3 Å². The van der Waals surface area contributed by atoms with Crippen molar-refractivity contribution in [3.63, 3.8) is 0 Å². The molecular formula is C28H27N3O6S. The largest absolute Gasteiger partial charge is 0.493 e. The molecule has 9 nitrogen and oxygen atoms in total. The summed E-state index contributed by atoms with van der Waals surface area (Å²) < 4.78 is 22.8. The molecule has 5 rings (SSSR count). The fourth-order valence-electron chi connectivity index (χ4n) is 4.89. The Hall–Kier alpha value is -4.31. The van der Waals surface area contributed by atoms with Crippen LogP contribution < -0.4 is 24.3 Å². The third-order valence-electron chi connectivity index (χ3n) is 6.73. The fourth-order valence-corrected chi connectivity index (χ4v) is 5.76. The van der Waals surface area contributed by atoms with Crippen LogP contribution in [0.1, 0.15) is 33.4 Å². The van der Waals surface area contributed by atoms with Crippen LogP contribution in [-0.2, 0) is 4.79 Å². The number of benzene rings is 3. The van der Waals surface area contributed by atoms with Gasteiger partial charge in [-0.1, -0.05) is 29.5 Å². The number of hydrogen-bond acceptors (Lipinski definition) is 8. The molecule has 2 amide bonds. The molecule has 0 saturated carbocycles. The molecule has 0 radical (unpaired) electrons. The van der Waals surface area contributed by atoms with Gasteiger partial charge < -0.3 is 29.2 Å². The third-order valence-corrected chi connectivity index (χ3v) is 7.68. The van der Waals surface area contributed by atoms with Gasteiger partial charge in [-0.2, -0.15) is 0 Å². The maximum absolute atomic E-state index is 14.1. The molecule has 4 aromatic rings. The van der Waals surface area contributed by atoms with E-state index in [-0.39, 0.29) is 11.8 Å². The van der Waals surface area contributed by atoms with Crippen LogP contribution in [0.3, 0.4) is 0 Å². The van der Waals surface area contributed by atoms with E-state index in [0.29, 0.717) is 44.8 Å². The van der Waals surface area contributed by atoms with Gasteiger partial charge in [0.25, 0.3) is 5.91 Å². The standard InChI is InChI=1S/C28H27N3O6S/c1-31-25(15-10-11-19(34-2)20(12-15)35-3)24(16-13-21(36-4)22(37-5)14-17(16)27(31)33)26(32)30-28-29-18-8-6-7-9-23(18)38-28/h6-14,24-25H,1-5H3,(H,29,30,32)/t24-,25+/m0/s1. The SMILES string of the molecule is COc1ccc([C@@H]2[C@@H](C(=O)Nc3nc4ccccc4s3)c3cc(OC)c(OC)cc3C(=O)N2C)cc1OC. The molecule has 1 aliphatic rings. The molecule has 1 aromatic heterocycles. The lowest BCUT2D eigenvalue weighted by Crippen LogP contribution is -2.44. The molecule has 10 heteroatoms. The number of amides is 2. The van der Waals surface area contributed by atoms with Crippen molar-refractivity contribution >= 4 is 38.5 Å². The molecule has 0 aliphatic carbocycles. The minimum Gasteiger partial charge on any atom is -0.493 e. The summed E-state index contributed by atoms with van der Waals surface area (Å²) in [4.78, 5) is 33.8. The van der Waals surface area contributed by atoms with Crippen molar-refractivity contribution in [1.29, 1.82) is 0 Å². The molecule has 1 N–H and O–H groups in total. The lowest BCUT2D eigenvalue weighted by Gasteiger charge is -2.40. The van der Waals surface area contributed by atoms with Crippen LogP contribution in [0.2, 0.25) is 0 Å². The number of nitrogens with zero attached hydrogens (tertiary/aromatic N) is 2. The Bertz CT molecular complexity index is 1500. The Balaban J connectivity index is 1.66. The first-order chi connectivity index (χ1) is 18.4. The molecule has 0 unspecified atom stereocenters. The van der Waals surface area contributed by atoms with E-state index >= 15 is 0 Å². The normalized spacial score (nSPS) is 16.7. The number of carbonyl (C=O) groups excluding carboxylic acids is 2. The van der Waals surface area contributed by atoms with Gasteiger partial charge in [-0.25, -0.2) is 4.98 Å². The Morgan fingerprint density at radius 1 is 0.895 bits per heavy atom. The Morgan fingerprint density at radius 3 is 2.24 bits per heavy atom. The fraction of sp³-hybridized carbons (Fsp3) is 0.250. The topological polar surface area (TPSA) is 99.2 Å². The van der Waals surface area contributed by atoms with Crippen molar-refractivity contribution in [2.24, 2.45) is 0 Å². The van der Waals surface area contributed by atoms with E-state index in [2.05, 4.69) is 10.3 Å². The minimum absolute atomic E-state index is 0.246. The van der Waals surface area contributed by atoms with Crippen LogP contribution in [-0.4, -0.2) is 57.2 Å². The van der Waals surface area contributed by atoms with Crippen molar-refractivity contribution in [3.05, 3.63) is 71.3 Å². The number of thiazole rings is 1. The van der Waals surface area contributed by atoms with Gasteiger partial charge in [0.05, 0.1) is 50.6 Å². The predicted octanol–water partition coefficient (Wildman–Crippen LogP) is 4.88. The summed E-state index contributed by atoms with van der Waals surface area (Å²) in [6.07, 6.45) is 0. The minimum atomic E-state index is -0.794. The van der Waals surface area contributed by atoms with Gasteiger partial charge in [0.1, 0.15) is 0 Å². The lowest BCUT2D eigenvalue weighted by molar-refractivity contribution is -0.119. The summed E-state index contributed by atoms with van der Waals surface area (Å²) >= 11 is 1.39. The highest BCUT2D eigenvalue weighted by Gasteiger charge is 2.44. The zero-order chi connectivity index (χ0) is 27.0. The molecule has 0 bridgehead atoms. The molecular weight excluding hydrogens is 506 g/mol. The maximum Gasteiger partial charge on any atom is 0.254 e. The number of aromatic nitrogens is 1. The van der Waals surface area contributed by atoms with Crippen LogP contribution in [0, 0.1) is 0 Å². The molecule has 2 atom stereocenters. The summed E-state index contributed by atoms with van der Waals surface area (Å²) in [6, 6.07) is 15.7. The summed E-state index contributed by atoms with van der Waals surface area (Å²) in [6.45, 7) is 0. The van der Waals surface area contributed by atoms with Crippen molar-refractivity contribution in [2.75, 3.05) is 40.8 Å². The van der Waals surface area contributed by atoms with Crippen molar-refractivity contribution in [3.8, 4) is 23.0 Å². The second kappa shape index (κ2) is 10.2. The number of para-hydroxylation sites is 1. The van der Waals surface area contributed by atoms with Crippen molar-refractivity contribution in [2.45, 2.75) is 12.0 Å². The number of carbonyl (C=O) groups is 2. The van der Waals surface area contributed by atoms with Crippen LogP contribution in [0.15, 0.2) is 54.6 Å². The molecule has 38 heavy (non-hydrogen) atoms. The van der Waals surface area contributed by atoms with E-state index in [4.69, 9.17) is 18.9 Å². The Morgan fingerprint density at radius 2 is 1.55 bits per heavy atom. The Labute approximate surface area is 223 Å². The van der Waals surface area contributed by atoms with Crippen LogP contribution in [0.25, 0.3) is 10.2 Å². The first-order valence-corrected chi connectivity index (χ1v) is 12.6. The van der Waals surface area contributed by atoms with Crippen LogP contribution in [0.4, 0.5) is 5.13 Å². The average Bonchev–Trinajstić information content (AvgIpc) is 3.35. The van der Waals surface area contributed by atoms with Gasteiger partial charge in [-0.15, -0.1) is 0 Å². The maximum atomic E-state index is 14.1. The number of rotatable bonds is 7. The zero-order valence-corrected chi connectivity index (χ0v) is 22.4. The highest BCUT2D eigenvalue weighted by atomic mass is 32.1. The van der Waals surface area contributed by atoms with E-state index in [1.165, 1.54) is 25.6 Å². The Kier molecular flexibility index (Phi) is 6.81. The first-order valence-electron chi connectivity index (χ1n) is 11.8. The lowest BCUT2D eigenvalue weighted by atomic mass is 9.79. The summed E-state index contributed by atoms with van der Waals surface area (Å²) in [7, 11) is 7.80. The van der Waals surface area contributed by atoms with E-state index in [0.717, 1.165) is 10.2 Å². The number of anilines is 1. The highest BCUT2D eigenvalue weighted by molar-refractivity contribution is 7.22. The van der Waals surface area contributed by atoms with Crippen molar-refractivity contribution < 1.29 is 28.5 Å². The molecule has 1 aliphatic heterocycles. The number of hydrogen-bond donors (Lipinski definition) is 1. The highest BCUT2D eigenvalue weighted by Crippen LogP contribution is 2.47. The van der Waals surface area contributed by atoms with Gasteiger partial charge in [-0.3, -0.25) is 9.59 Å². The van der Waals surface area contributed by atoms with E-state index in [1.54, 1.807) is 50.4 Å².